The summed E-state index contributed by atoms with van der Waals surface area (Å²) in [5, 5.41) is 9.30. The Bertz CT molecular complexity index is 569. The molecule has 0 atom stereocenters. The van der Waals surface area contributed by atoms with Crippen molar-refractivity contribution in [3.63, 3.8) is 0 Å². The summed E-state index contributed by atoms with van der Waals surface area (Å²) in [6.07, 6.45) is 2.97. The molecule has 0 aliphatic heterocycles. The van der Waals surface area contributed by atoms with Gasteiger partial charge in [-0.1, -0.05) is 6.07 Å². The highest BCUT2D eigenvalue weighted by molar-refractivity contribution is 7.98. The van der Waals surface area contributed by atoms with Gasteiger partial charge in [-0.25, -0.2) is 13.2 Å². The summed E-state index contributed by atoms with van der Waals surface area (Å²) in [6, 6.07) is 5.19. The first-order valence-corrected chi connectivity index (χ1v) is 8.84. The van der Waals surface area contributed by atoms with Crippen LogP contribution in [-0.2, 0) is 9.84 Å². The molecule has 0 aliphatic rings. The van der Waals surface area contributed by atoms with Crippen LogP contribution in [0.3, 0.4) is 0 Å². The minimum absolute atomic E-state index is 0.00788. The van der Waals surface area contributed by atoms with Crippen LogP contribution in [0, 0.1) is 0 Å². The molecule has 7 heteroatoms. The molecule has 0 saturated heterocycles. The SMILES string of the molecule is CSc1cccc(N(C)CCS(C)(=O)=O)c1C(=O)O. The lowest BCUT2D eigenvalue weighted by atomic mass is 10.1. The first-order chi connectivity index (χ1) is 8.76. The predicted molar refractivity (Wildman–Crippen MR) is 78.2 cm³/mol. The number of thioether (sulfide) groups is 1. The second-order valence-corrected chi connectivity index (χ2v) is 7.32. The molecule has 0 spiro atoms. The number of benzene rings is 1. The normalized spacial score (nSPS) is 11.3. The van der Waals surface area contributed by atoms with Crippen LogP contribution in [0.4, 0.5) is 5.69 Å². The standard InChI is InChI=1S/C12H17NO4S2/c1-13(7-8-19(3,16)17)9-5-4-6-10(18-2)11(9)12(14)15/h4-6H,7-8H2,1-3H3,(H,14,15). The van der Waals surface area contributed by atoms with E-state index in [4.69, 9.17) is 0 Å². The van der Waals surface area contributed by atoms with Crippen LogP contribution in [-0.4, -0.2) is 51.4 Å². The molecule has 0 radical (unpaired) electrons. The van der Waals surface area contributed by atoms with E-state index in [1.54, 1.807) is 30.1 Å². The molecule has 19 heavy (non-hydrogen) atoms. The smallest absolute Gasteiger partial charge is 0.338 e. The molecule has 1 aromatic carbocycles. The monoisotopic (exact) mass is 303 g/mol. The Kier molecular flexibility index (Phi) is 5.25. The van der Waals surface area contributed by atoms with Gasteiger partial charge in [0.1, 0.15) is 9.84 Å². The lowest BCUT2D eigenvalue weighted by Crippen LogP contribution is -2.26. The van der Waals surface area contributed by atoms with Gasteiger partial charge in [-0.2, -0.15) is 0 Å². The largest absolute Gasteiger partial charge is 0.478 e. The Hall–Kier alpha value is -1.21. The quantitative estimate of drug-likeness (QED) is 0.804. The number of rotatable bonds is 6. The van der Waals surface area contributed by atoms with E-state index in [-0.39, 0.29) is 17.9 Å². The average molecular weight is 303 g/mol. The number of hydrogen-bond donors (Lipinski definition) is 1. The molecule has 0 unspecified atom stereocenters. The van der Waals surface area contributed by atoms with Crippen LogP contribution in [0.1, 0.15) is 10.4 Å². The maximum Gasteiger partial charge on any atom is 0.338 e. The Morgan fingerprint density at radius 1 is 1.42 bits per heavy atom. The van der Waals surface area contributed by atoms with E-state index in [0.29, 0.717) is 10.6 Å². The van der Waals surface area contributed by atoms with Gasteiger partial charge in [0, 0.05) is 24.7 Å². The first kappa shape index (κ1) is 15.8. The molecule has 1 aromatic rings. The number of nitrogens with zero attached hydrogens (tertiary/aromatic N) is 1. The van der Waals surface area contributed by atoms with Gasteiger partial charge in [-0.05, 0) is 18.4 Å². The van der Waals surface area contributed by atoms with E-state index < -0.39 is 15.8 Å². The summed E-state index contributed by atoms with van der Waals surface area (Å²) < 4.78 is 22.3. The van der Waals surface area contributed by atoms with Crippen molar-refractivity contribution in [1.29, 1.82) is 0 Å². The summed E-state index contributed by atoms with van der Waals surface area (Å²) >= 11 is 1.35. The van der Waals surface area contributed by atoms with E-state index >= 15 is 0 Å². The first-order valence-electron chi connectivity index (χ1n) is 5.55. The zero-order valence-electron chi connectivity index (χ0n) is 11.1. The average Bonchev–Trinajstić information content (AvgIpc) is 2.33. The van der Waals surface area contributed by atoms with Gasteiger partial charge in [-0.3, -0.25) is 0 Å². The fraction of sp³-hybridized carbons (Fsp3) is 0.417. The molecule has 0 amide bonds. The molecule has 1 rings (SSSR count). The van der Waals surface area contributed by atoms with Crippen molar-refractivity contribution in [1.82, 2.24) is 0 Å². The summed E-state index contributed by atoms with van der Waals surface area (Å²) in [5.41, 5.74) is 0.744. The Morgan fingerprint density at radius 2 is 2.05 bits per heavy atom. The van der Waals surface area contributed by atoms with Gasteiger partial charge < -0.3 is 10.0 Å². The molecule has 106 valence electrons. The maximum absolute atomic E-state index is 11.3. The molecule has 0 aliphatic carbocycles. The number of hydrogen-bond acceptors (Lipinski definition) is 5. The molecule has 0 bridgehead atoms. The highest BCUT2D eigenvalue weighted by atomic mass is 32.2. The van der Waals surface area contributed by atoms with Gasteiger partial charge in [-0.15, -0.1) is 11.8 Å². The number of aromatic carboxylic acids is 1. The zero-order valence-corrected chi connectivity index (χ0v) is 12.7. The minimum atomic E-state index is -3.07. The molecular weight excluding hydrogens is 286 g/mol. The van der Waals surface area contributed by atoms with Crippen molar-refractivity contribution in [3.05, 3.63) is 23.8 Å². The summed E-state index contributed by atoms with van der Waals surface area (Å²) in [7, 11) is -1.38. The van der Waals surface area contributed by atoms with Crippen molar-refractivity contribution in [2.24, 2.45) is 0 Å². The van der Waals surface area contributed by atoms with Crippen molar-refractivity contribution in [2.75, 3.05) is 36.8 Å². The summed E-state index contributed by atoms with van der Waals surface area (Å²) in [4.78, 5) is 13.7. The highest BCUT2D eigenvalue weighted by Gasteiger charge is 2.18. The topological polar surface area (TPSA) is 74.7 Å². The predicted octanol–water partition coefficient (Wildman–Crippen LogP) is 1.59. The van der Waals surface area contributed by atoms with Gasteiger partial charge >= 0.3 is 5.97 Å². The third-order valence-electron chi connectivity index (χ3n) is 2.65. The number of sulfone groups is 1. The lowest BCUT2D eigenvalue weighted by Gasteiger charge is -2.22. The second kappa shape index (κ2) is 6.29. The summed E-state index contributed by atoms with van der Waals surface area (Å²) in [5.74, 6) is -1.02. The summed E-state index contributed by atoms with van der Waals surface area (Å²) in [6.45, 7) is 0.261. The van der Waals surface area contributed by atoms with Gasteiger partial charge in [0.15, 0.2) is 0 Å². The van der Waals surface area contributed by atoms with Crippen molar-refractivity contribution in [2.45, 2.75) is 4.90 Å². The molecule has 1 N–H and O–H groups in total. The van der Waals surface area contributed by atoms with Gasteiger partial charge in [0.25, 0.3) is 0 Å². The van der Waals surface area contributed by atoms with Gasteiger partial charge in [0.2, 0.25) is 0 Å². The molecule has 0 fully saturated rings. The third-order valence-corrected chi connectivity index (χ3v) is 4.35. The Morgan fingerprint density at radius 3 is 2.53 bits per heavy atom. The fourth-order valence-electron chi connectivity index (χ4n) is 1.65. The van der Waals surface area contributed by atoms with Crippen molar-refractivity contribution >= 4 is 33.3 Å². The fourth-order valence-corrected chi connectivity index (χ4v) is 2.86. The minimum Gasteiger partial charge on any atom is -0.478 e. The number of anilines is 1. The molecule has 5 nitrogen and oxygen atoms in total. The zero-order chi connectivity index (χ0) is 14.6. The third kappa shape index (κ3) is 4.43. The molecule has 0 aromatic heterocycles. The van der Waals surface area contributed by atoms with Crippen LogP contribution in [0.5, 0.6) is 0 Å². The van der Waals surface area contributed by atoms with E-state index in [1.165, 1.54) is 11.8 Å². The molecule has 0 saturated carbocycles. The van der Waals surface area contributed by atoms with Crippen LogP contribution in [0.15, 0.2) is 23.1 Å². The lowest BCUT2D eigenvalue weighted by molar-refractivity contribution is 0.0694. The Labute approximate surface area is 117 Å². The van der Waals surface area contributed by atoms with E-state index in [1.807, 2.05) is 6.26 Å². The van der Waals surface area contributed by atoms with Crippen LogP contribution in [0.25, 0.3) is 0 Å². The van der Waals surface area contributed by atoms with Gasteiger partial charge in [0.05, 0.1) is 17.0 Å². The second-order valence-electron chi connectivity index (χ2n) is 4.21. The van der Waals surface area contributed by atoms with Crippen LogP contribution >= 0.6 is 11.8 Å². The Balaban J connectivity index is 3.09. The van der Waals surface area contributed by atoms with E-state index in [9.17, 15) is 18.3 Å². The van der Waals surface area contributed by atoms with Crippen LogP contribution in [0.2, 0.25) is 0 Å². The number of carboxylic acids is 1. The molecule has 0 heterocycles. The van der Waals surface area contributed by atoms with Crippen molar-refractivity contribution in [3.8, 4) is 0 Å². The maximum atomic E-state index is 11.3. The van der Waals surface area contributed by atoms with E-state index in [0.717, 1.165) is 6.26 Å². The van der Waals surface area contributed by atoms with E-state index in [2.05, 4.69) is 0 Å². The van der Waals surface area contributed by atoms with Crippen LogP contribution < -0.4 is 4.90 Å². The molecular formula is C12H17NO4S2. The highest BCUT2D eigenvalue weighted by Crippen LogP contribution is 2.29. The number of carboxylic acid groups (broad SMARTS) is 1. The van der Waals surface area contributed by atoms with Crippen molar-refractivity contribution < 1.29 is 18.3 Å². The number of carbonyl (C=O) groups is 1.